The third kappa shape index (κ3) is 1.16. The molecule has 0 aliphatic rings. The van der Waals surface area contributed by atoms with Gasteiger partial charge in [0.15, 0.2) is 6.29 Å². The first-order valence-electron chi connectivity index (χ1n) is 3.67. The van der Waals surface area contributed by atoms with E-state index >= 15 is 0 Å². The Morgan fingerprint density at radius 2 is 2.38 bits per heavy atom. The molecule has 0 fully saturated rings. The smallest absolute Gasteiger partial charge is 0.166 e. The lowest BCUT2D eigenvalue weighted by Crippen LogP contribution is -1.80. The lowest BCUT2D eigenvalue weighted by atomic mass is 10.2. The van der Waals surface area contributed by atoms with Crippen molar-refractivity contribution in [2.45, 2.75) is 0 Å². The number of nitrogens with one attached hydrogen (secondary N) is 1. The van der Waals surface area contributed by atoms with Crippen molar-refractivity contribution in [3.63, 3.8) is 0 Å². The Kier molecular flexibility index (Phi) is 1.57. The van der Waals surface area contributed by atoms with E-state index < -0.39 is 0 Å². The van der Waals surface area contributed by atoms with Gasteiger partial charge in [-0.1, -0.05) is 0 Å². The van der Waals surface area contributed by atoms with E-state index in [1.807, 2.05) is 6.07 Å². The summed E-state index contributed by atoms with van der Waals surface area (Å²) in [6, 6.07) is 5.26. The molecule has 2 heterocycles. The van der Waals surface area contributed by atoms with Gasteiger partial charge in [-0.2, -0.15) is 5.26 Å². The normalized spacial score (nSPS) is 9.77. The van der Waals surface area contributed by atoms with E-state index in [1.165, 1.54) is 0 Å². The van der Waals surface area contributed by atoms with Gasteiger partial charge in [-0.25, -0.2) is 4.98 Å². The molecule has 13 heavy (non-hydrogen) atoms. The summed E-state index contributed by atoms with van der Waals surface area (Å²) >= 11 is 0. The number of rotatable bonds is 1. The second-order valence-corrected chi connectivity index (χ2v) is 2.61. The van der Waals surface area contributed by atoms with Crippen LogP contribution in [0, 0.1) is 11.3 Å². The predicted octanol–water partition coefficient (Wildman–Crippen LogP) is 1.25. The monoisotopic (exact) mass is 171 g/mol. The molecule has 0 radical (unpaired) electrons. The maximum absolute atomic E-state index is 10.4. The number of H-pyrrole nitrogens is 1. The van der Waals surface area contributed by atoms with E-state index in [4.69, 9.17) is 5.26 Å². The fraction of sp³-hybridized carbons (Fsp3) is 0. The van der Waals surface area contributed by atoms with Gasteiger partial charge in [-0.15, -0.1) is 0 Å². The number of carbonyl (C=O) groups excluding carboxylic acids is 1. The lowest BCUT2D eigenvalue weighted by Gasteiger charge is -1.87. The minimum absolute atomic E-state index is 0.351. The summed E-state index contributed by atoms with van der Waals surface area (Å²) < 4.78 is 0. The molecule has 0 bridgehead atoms. The topological polar surface area (TPSA) is 69.5 Å². The van der Waals surface area contributed by atoms with Crippen molar-refractivity contribution in [1.29, 1.82) is 5.26 Å². The van der Waals surface area contributed by atoms with Crippen LogP contribution in [0.5, 0.6) is 0 Å². The Morgan fingerprint density at radius 3 is 3.08 bits per heavy atom. The highest BCUT2D eigenvalue weighted by Crippen LogP contribution is 2.13. The van der Waals surface area contributed by atoms with Crippen molar-refractivity contribution in [2.75, 3.05) is 0 Å². The molecule has 0 aliphatic heterocycles. The van der Waals surface area contributed by atoms with Crippen LogP contribution in [0.1, 0.15) is 16.2 Å². The van der Waals surface area contributed by atoms with Gasteiger partial charge in [0.25, 0.3) is 0 Å². The van der Waals surface area contributed by atoms with E-state index in [9.17, 15) is 4.79 Å². The summed E-state index contributed by atoms with van der Waals surface area (Å²) in [6.45, 7) is 0. The molecule has 4 nitrogen and oxygen atoms in total. The van der Waals surface area contributed by atoms with Crippen molar-refractivity contribution in [2.24, 2.45) is 0 Å². The number of carbonyl (C=O) groups is 1. The Balaban J connectivity index is 2.72. The number of aromatic amines is 1. The molecular weight excluding hydrogens is 166 g/mol. The molecule has 0 saturated heterocycles. The van der Waals surface area contributed by atoms with Crippen molar-refractivity contribution < 1.29 is 4.79 Å². The van der Waals surface area contributed by atoms with Gasteiger partial charge < -0.3 is 4.98 Å². The van der Waals surface area contributed by atoms with Gasteiger partial charge in [0, 0.05) is 5.39 Å². The molecule has 0 unspecified atom stereocenters. The first-order valence-corrected chi connectivity index (χ1v) is 3.67. The Labute approximate surface area is 73.8 Å². The van der Waals surface area contributed by atoms with Crippen LogP contribution in [0.15, 0.2) is 18.3 Å². The third-order valence-corrected chi connectivity index (χ3v) is 1.77. The zero-order chi connectivity index (χ0) is 9.26. The average molecular weight is 171 g/mol. The second-order valence-electron chi connectivity index (χ2n) is 2.61. The molecular formula is C9H5N3O. The van der Waals surface area contributed by atoms with Gasteiger partial charge in [0.05, 0.1) is 17.4 Å². The molecule has 1 N–H and O–H groups in total. The molecule has 0 atom stereocenters. The number of hydrogen-bond donors (Lipinski definition) is 1. The van der Waals surface area contributed by atoms with E-state index in [0.29, 0.717) is 11.4 Å². The molecule has 0 spiro atoms. The molecule has 2 aromatic heterocycles. The predicted molar refractivity (Wildman–Crippen MR) is 46.2 cm³/mol. The molecule has 0 aliphatic carbocycles. The van der Waals surface area contributed by atoms with E-state index in [0.717, 1.165) is 17.2 Å². The minimum atomic E-state index is 0.351. The van der Waals surface area contributed by atoms with Gasteiger partial charge in [0.1, 0.15) is 11.8 Å². The largest absolute Gasteiger partial charge is 0.351 e. The van der Waals surface area contributed by atoms with E-state index in [1.54, 1.807) is 18.3 Å². The molecule has 2 aromatic rings. The molecule has 0 saturated carbocycles. The summed E-state index contributed by atoms with van der Waals surface area (Å²) in [5.74, 6) is 0. The average Bonchev–Trinajstić information content (AvgIpc) is 2.58. The molecule has 62 valence electrons. The van der Waals surface area contributed by atoms with Crippen molar-refractivity contribution in [3.05, 3.63) is 29.7 Å². The molecule has 4 heteroatoms. The van der Waals surface area contributed by atoms with Crippen LogP contribution in [0.25, 0.3) is 10.9 Å². The van der Waals surface area contributed by atoms with Crippen LogP contribution in [0.3, 0.4) is 0 Å². The van der Waals surface area contributed by atoms with Crippen molar-refractivity contribution >= 4 is 17.2 Å². The highest BCUT2D eigenvalue weighted by atomic mass is 16.1. The number of pyridine rings is 1. The SMILES string of the molecule is N#Cc1cc2cc(C=O)[nH]c2cn1. The summed E-state index contributed by atoms with van der Waals surface area (Å²) in [7, 11) is 0. The van der Waals surface area contributed by atoms with Crippen molar-refractivity contribution in [3.8, 4) is 6.07 Å². The fourth-order valence-corrected chi connectivity index (χ4v) is 1.18. The number of aldehydes is 1. The summed E-state index contributed by atoms with van der Waals surface area (Å²) in [4.78, 5) is 17.1. The van der Waals surface area contributed by atoms with Gasteiger partial charge >= 0.3 is 0 Å². The van der Waals surface area contributed by atoms with Gasteiger partial charge in [-0.3, -0.25) is 4.79 Å². The van der Waals surface area contributed by atoms with Crippen LogP contribution in [-0.2, 0) is 0 Å². The van der Waals surface area contributed by atoms with E-state index in [-0.39, 0.29) is 0 Å². The van der Waals surface area contributed by atoms with Crippen molar-refractivity contribution in [1.82, 2.24) is 9.97 Å². The highest BCUT2D eigenvalue weighted by Gasteiger charge is 2.00. The Hall–Kier alpha value is -2.15. The molecule has 0 amide bonds. The zero-order valence-corrected chi connectivity index (χ0v) is 6.61. The summed E-state index contributed by atoms with van der Waals surface area (Å²) in [5.41, 5.74) is 1.61. The first-order chi connectivity index (χ1) is 6.33. The second kappa shape index (κ2) is 2.72. The molecule has 2 rings (SSSR count). The first kappa shape index (κ1) is 7.50. The molecule has 0 aromatic carbocycles. The van der Waals surface area contributed by atoms with E-state index in [2.05, 4.69) is 9.97 Å². The van der Waals surface area contributed by atoms with Crippen LogP contribution in [0.4, 0.5) is 0 Å². The fourth-order valence-electron chi connectivity index (χ4n) is 1.18. The Morgan fingerprint density at radius 1 is 1.54 bits per heavy atom. The third-order valence-electron chi connectivity index (χ3n) is 1.77. The van der Waals surface area contributed by atoms with Gasteiger partial charge in [-0.05, 0) is 12.1 Å². The number of nitriles is 1. The summed E-state index contributed by atoms with van der Waals surface area (Å²) in [6.07, 6.45) is 2.27. The maximum atomic E-state index is 10.4. The number of fused-ring (bicyclic) bond motifs is 1. The van der Waals surface area contributed by atoms with Crippen LogP contribution < -0.4 is 0 Å². The van der Waals surface area contributed by atoms with Crippen LogP contribution in [0.2, 0.25) is 0 Å². The summed E-state index contributed by atoms with van der Waals surface area (Å²) in [5, 5.41) is 9.40. The maximum Gasteiger partial charge on any atom is 0.166 e. The van der Waals surface area contributed by atoms with Crippen LogP contribution >= 0.6 is 0 Å². The lowest BCUT2D eigenvalue weighted by molar-refractivity contribution is 0.112. The minimum Gasteiger partial charge on any atom is -0.351 e. The highest BCUT2D eigenvalue weighted by molar-refractivity contribution is 5.87. The quantitative estimate of drug-likeness (QED) is 0.656. The number of aromatic nitrogens is 2. The van der Waals surface area contributed by atoms with Gasteiger partial charge in [0.2, 0.25) is 0 Å². The number of nitrogens with zero attached hydrogens (tertiary/aromatic N) is 2. The number of hydrogen-bond acceptors (Lipinski definition) is 3. The van der Waals surface area contributed by atoms with Crippen LogP contribution in [-0.4, -0.2) is 16.3 Å². The zero-order valence-electron chi connectivity index (χ0n) is 6.61. The standard InChI is InChI=1S/C9H5N3O/c10-3-7-1-6-2-8(5-13)12-9(6)4-11-7/h1-2,4-5,12H. The Bertz CT molecular complexity index is 507.